The third kappa shape index (κ3) is 3.04. The second-order valence-corrected chi connectivity index (χ2v) is 3.85. The van der Waals surface area contributed by atoms with E-state index in [-0.39, 0.29) is 5.82 Å². The van der Waals surface area contributed by atoms with Gasteiger partial charge in [-0.15, -0.1) is 0 Å². The Labute approximate surface area is 91.3 Å². The van der Waals surface area contributed by atoms with Crippen LogP contribution in [0.3, 0.4) is 0 Å². The average molecular weight is 262 g/mol. The fourth-order valence-electron chi connectivity index (χ4n) is 1.12. The fraction of sp³-hybridized carbons (Fsp3) is 0.400. The van der Waals surface area contributed by atoms with Crippen LogP contribution in [0, 0.1) is 5.82 Å². The average Bonchev–Trinajstić information content (AvgIpc) is 2.18. The van der Waals surface area contributed by atoms with Crippen LogP contribution in [0.2, 0.25) is 0 Å². The SMILES string of the molecule is CCNCC(O)c1ccc(Br)c(F)c1. The summed E-state index contributed by atoms with van der Waals surface area (Å²) in [5, 5.41) is 12.6. The van der Waals surface area contributed by atoms with Crippen molar-refractivity contribution in [2.24, 2.45) is 0 Å². The van der Waals surface area contributed by atoms with Crippen LogP contribution in [0.1, 0.15) is 18.6 Å². The molecule has 0 aromatic heterocycles. The number of nitrogens with one attached hydrogen (secondary N) is 1. The van der Waals surface area contributed by atoms with Crippen molar-refractivity contribution in [2.45, 2.75) is 13.0 Å². The summed E-state index contributed by atoms with van der Waals surface area (Å²) in [7, 11) is 0. The van der Waals surface area contributed by atoms with Gasteiger partial charge < -0.3 is 10.4 Å². The highest BCUT2D eigenvalue weighted by Gasteiger charge is 2.08. The van der Waals surface area contributed by atoms with Crippen LogP contribution < -0.4 is 5.32 Å². The lowest BCUT2D eigenvalue weighted by Crippen LogP contribution is -2.20. The minimum Gasteiger partial charge on any atom is -0.387 e. The molecule has 0 bridgehead atoms. The first-order valence-electron chi connectivity index (χ1n) is 4.49. The lowest BCUT2D eigenvalue weighted by Gasteiger charge is -2.11. The maximum absolute atomic E-state index is 13.1. The van der Waals surface area contributed by atoms with Crippen LogP contribution in [0.5, 0.6) is 0 Å². The summed E-state index contributed by atoms with van der Waals surface area (Å²) >= 11 is 3.06. The van der Waals surface area contributed by atoms with Crippen LogP contribution in [-0.4, -0.2) is 18.2 Å². The molecule has 1 aromatic carbocycles. The van der Waals surface area contributed by atoms with E-state index in [9.17, 15) is 9.50 Å². The molecule has 4 heteroatoms. The van der Waals surface area contributed by atoms with Gasteiger partial charge in [0.05, 0.1) is 10.6 Å². The molecule has 0 saturated carbocycles. The molecule has 78 valence electrons. The smallest absolute Gasteiger partial charge is 0.137 e. The summed E-state index contributed by atoms with van der Waals surface area (Å²) in [4.78, 5) is 0. The highest BCUT2D eigenvalue weighted by molar-refractivity contribution is 9.10. The third-order valence-corrected chi connectivity index (χ3v) is 2.56. The number of rotatable bonds is 4. The Morgan fingerprint density at radius 1 is 1.57 bits per heavy atom. The summed E-state index contributed by atoms with van der Waals surface area (Å²) in [6, 6.07) is 4.64. The number of hydrogen-bond acceptors (Lipinski definition) is 2. The van der Waals surface area contributed by atoms with Gasteiger partial charge in [0.15, 0.2) is 0 Å². The number of halogens is 2. The maximum Gasteiger partial charge on any atom is 0.137 e. The van der Waals surface area contributed by atoms with E-state index in [1.807, 2.05) is 6.92 Å². The number of benzene rings is 1. The van der Waals surface area contributed by atoms with Crippen LogP contribution in [0.4, 0.5) is 4.39 Å². The molecule has 2 nitrogen and oxygen atoms in total. The Kier molecular flexibility index (Phi) is 4.51. The summed E-state index contributed by atoms with van der Waals surface area (Å²) in [5.41, 5.74) is 0.589. The summed E-state index contributed by atoms with van der Waals surface area (Å²) < 4.78 is 13.5. The van der Waals surface area contributed by atoms with Gasteiger partial charge in [-0.05, 0) is 40.2 Å². The van der Waals surface area contributed by atoms with E-state index in [0.717, 1.165) is 6.54 Å². The minimum absolute atomic E-state index is 0.349. The molecule has 0 aliphatic carbocycles. The Morgan fingerprint density at radius 3 is 2.86 bits per heavy atom. The quantitative estimate of drug-likeness (QED) is 0.872. The summed E-state index contributed by atoms with van der Waals surface area (Å²) in [6.45, 7) is 3.18. The minimum atomic E-state index is -0.655. The van der Waals surface area contributed by atoms with E-state index in [1.54, 1.807) is 12.1 Å². The zero-order valence-electron chi connectivity index (χ0n) is 7.93. The third-order valence-electron chi connectivity index (χ3n) is 1.92. The van der Waals surface area contributed by atoms with Gasteiger partial charge in [0.25, 0.3) is 0 Å². The Balaban J connectivity index is 2.70. The molecule has 0 radical (unpaired) electrons. The highest BCUT2D eigenvalue weighted by Crippen LogP contribution is 2.20. The van der Waals surface area contributed by atoms with Gasteiger partial charge >= 0.3 is 0 Å². The molecule has 1 atom stereocenters. The van der Waals surface area contributed by atoms with Gasteiger partial charge in [0, 0.05) is 6.54 Å². The van der Waals surface area contributed by atoms with Crippen LogP contribution in [0.25, 0.3) is 0 Å². The first-order chi connectivity index (χ1) is 6.65. The van der Waals surface area contributed by atoms with E-state index in [0.29, 0.717) is 16.6 Å². The largest absolute Gasteiger partial charge is 0.387 e. The van der Waals surface area contributed by atoms with Crippen molar-refractivity contribution < 1.29 is 9.50 Å². The number of hydrogen-bond donors (Lipinski definition) is 2. The number of aliphatic hydroxyl groups is 1. The predicted octanol–water partition coefficient (Wildman–Crippen LogP) is 2.23. The lowest BCUT2D eigenvalue weighted by molar-refractivity contribution is 0.175. The molecule has 2 N–H and O–H groups in total. The molecule has 0 amide bonds. The molecule has 1 rings (SSSR count). The van der Waals surface area contributed by atoms with E-state index in [4.69, 9.17) is 0 Å². The Bertz CT molecular complexity index is 306. The van der Waals surface area contributed by atoms with Crippen molar-refractivity contribution >= 4 is 15.9 Å². The molecule has 0 aliphatic rings. The van der Waals surface area contributed by atoms with Gasteiger partial charge in [0.2, 0.25) is 0 Å². The molecule has 1 aromatic rings. The molecule has 0 spiro atoms. The zero-order valence-corrected chi connectivity index (χ0v) is 9.51. The molecule has 14 heavy (non-hydrogen) atoms. The first-order valence-corrected chi connectivity index (χ1v) is 5.28. The van der Waals surface area contributed by atoms with Gasteiger partial charge in [-0.25, -0.2) is 4.39 Å². The van der Waals surface area contributed by atoms with E-state index < -0.39 is 6.10 Å². The molecule has 0 saturated heterocycles. The molecule has 1 unspecified atom stereocenters. The first kappa shape index (κ1) is 11.6. The van der Waals surface area contributed by atoms with Crippen molar-refractivity contribution in [3.05, 3.63) is 34.1 Å². The number of aliphatic hydroxyl groups excluding tert-OH is 1. The fourth-order valence-corrected chi connectivity index (χ4v) is 1.37. The van der Waals surface area contributed by atoms with Crippen molar-refractivity contribution in [2.75, 3.05) is 13.1 Å². The molecular weight excluding hydrogens is 249 g/mol. The van der Waals surface area contributed by atoms with Crippen molar-refractivity contribution in [3.63, 3.8) is 0 Å². The normalized spacial score (nSPS) is 12.9. The zero-order chi connectivity index (χ0) is 10.6. The topological polar surface area (TPSA) is 32.3 Å². The Hall–Kier alpha value is -0.450. The second-order valence-electron chi connectivity index (χ2n) is 3.00. The Morgan fingerprint density at radius 2 is 2.29 bits per heavy atom. The number of likely N-dealkylation sites (N-methyl/N-ethyl adjacent to an activating group) is 1. The van der Waals surface area contributed by atoms with E-state index >= 15 is 0 Å². The van der Waals surface area contributed by atoms with E-state index in [2.05, 4.69) is 21.2 Å². The highest BCUT2D eigenvalue weighted by atomic mass is 79.9. The van der Waals surface area contributed by atoms with Gasteiger partial charge in [0.1, 0.15) is 5.82 Å². The van der Waals surface area contributed by atoms with Crippen molar-refractivity contribution in [1.29, 1.82) is 0 Å². The standard InChI is InChI=1S/C10H13BrFNO/c1-2-13-6-10(14)7-3-4-8(11)9(12)5-7/h3-5,10,13-14H,2,6H2,1H3. The molecular formula is C10H13BrFNO. The monoisotopic (exact) mass is 261 g/mol. The van der Waals surface area contributed by atoms with E-state index in [1.165, 1.54) is 6.07 Å². The van der Waals surface area contributed by atoms with Crippen LogP contribution in [0.15, 0.2) is 22.7 Å². The van der Waals surface area contributed by atoms with Crippen LogP contribution in [-0.2, 0) is 0 Å². The molecule has 0 aliphatic heterocycles. The van der Waals surface area contributed by atoms with Gasteiger partial charge in [-0.3, -0.25) is 0 Å². The van der Waals surface area contributed by atoms with Gasteiger partial charge in [-0.2, -0.15) is 0 Å². The predicted molar refractivity (Wildman–Crippen MR) is 57.6 cm³/mol. The van der Waals surface area contributed by atoms with Crippen molar-refractivity contribution in [3.8, 4) is 0 Å². The van der Waals surface area contributed by atoms with Crippen molar-refractivity contribution in [1.82, 2.24) is 5.32 Å². The molecule has 0 heterocycles. The molecule has 0 fully saturated rings. The maximum atomic E-state index is 13.1. The second kappa shape index (κ2) is 5.44. The van der Waals surface area contributed by atoms with Gasteiger partial charge in [-0.1, -0.05) is 13.0 Å². The van der Waals surface area contributed by atoms with Crippen LogP contribution >= 0.6 is 15.9 Å². The lowest BCUT2D eigenvalue weighted by atomic mass is 10.1. The summed E-state index contributed by atoms with van der Waals surface area (Å²) in [5.74, 6) is -0.349. The summed E-state index contributed by atoms with van der Waals surface area (Å²) in [6.07, 6.45) is -0.655.